The number of anilines is 2. The number of piperidine rings is 1. The Labute approximate surface area is 246 Å². The van der Waals surface area contributed by atoms with Gasteiger partial charge < -0.3 is 30.3 Å². The van der Waals surface area contributed by atoms with Crippen molar-refractivity contribution in [3.8, 4) is 17.2 Å². The molecule has 0 aromatic heterocycles. The molecule has 0 aliphatic carbocycles. The maximum atomic E-state index is 14.6. The lowest BCUT2D eigenvalue weighted by Crippen LogP contribution is -2.43. The number of halogens is 1. The lowest BCUT2D eigenvalue weighted by atomic mass is 10.0. The standard InChI is InChI=1S/C33H39FN4O4/c1-4-22(5-2)36-33(40)37-31-17-16-28(20-30(31)34)41-27-14-8-23(9-15-27)35-32(39)21-6-12-26(13-7-21)42-29-18-24-10-11-25(19-29)38(24)3/h6-9,12-17,20,22,24-25,29H,4-5,10-11,18-19H2,1-3H3,(H,35,39)(H2,36,37,40). The molecule has 3 N–H and O–H groups in total. The van der Waals surface area contributed by atoms with Gasteiger partial charge in [0.1, 0.15) is 29.2 Å². The number of nitrogens with zero attached hydrogens (tertiary/aromatic N) is 1. The normalized spacial score (nSPS) is 19.8. The van der Waals surface area contributed by atoms with Gasteiger partial charge in [-0.15, -0.1) is 0 Å². The zero-order chi connectivity index (χ0) is 29.6. The van der Waals surface area contributed by atoms with Crippen LogP contribution in [-0.2, 0) is 0 Å². The summed E-state index contributed by atoms with van der Waals surface area (Å²) in [5.74, 6) is 0.706. The first-order valence-corrected chi connectivity index (χ1v) is 14.8. The fourth-order valence-electron chi connectivity index (χ4n) is 5.78. The average molecular weight is 575 g/mol. The second-order valence-corrected chi connectivity index (χ2v) is 11.1. The monoisotopic (exact) mass is 574 g/mol. The van der Waals surface area contributed by atoms with Crippen LogP contribution in [0.3, 0.4) is 0 Å². The highest BCUT2D eigenvalue weighted by atomic mass is 19.1. The summed E-state index contributed by atoms with van der Waals surface area (Å²) in [5, 5.41) is 8.24. The third-order valence-corrected chi connectivity index (χ3v) is 8.33. The van der Waals surface area contributed by atoms with E-state index in [0.717, 1.165) is 31.4 Å². The molecule has 2 bridgehead atoms. The number of fused-ring (bicyclic) bond motifs is 2. The summed E-state index contributed by atoms with van der Waals surface area (Å²) in [6, 6.07) is 19.1. The van der Waals surface area contributed by atoms with E-state index in [9.17, 15) is 14.0 Å². The minimum atomic E-state index is -0.606. The van der Waals surface area contributed by atoms with E-state index >= 15 is 0 Å². The van der Waals surface area contributed by atoms with Gasteiger partial charge in [0.15, 0.2) is 0 Å². The number of ether oxygens (including phenoxy) is 2. The summed E-state index contributed by atoms with van der Waals surface area (Å²) in [6.07, 6.45) is 6.39. The zero-order valence-electron chi connectivity index (χ0n) is 24.4. The Balaban J connectivity index is 1.11. The van der Waals surface area contributed by atoms with Gasteiger partial charge in [0.2, 0.25) is 0 Å². The molecule has 2 heterocycles. The van der Waals surface area contributed by atoms with Crippen molar-refractivity contribution in [1.82, 2.24) is 10.2 Å². The number of carbonyl (C=O) groups excluding carboxylic acids is 2. The van der Waals surface area contributed by atoms with E-state index in [2.05, 4.69) is 27.9 Å². The molecule has 0 spiro atoms. The Morgan fingerprint density at radius 3 is 2.12 bits per heavy atom. The molecule has 2 aliphatic rings. The van der Waals surface area contributed by atoms with E-state index in [1.165, 1.54) is 25.0 Å². The zero-order valence-corrected chi connectivity index (χ0v) is 24.4. The van der Waals surface area contributed by atoms with Gasteiger partial charge in [-0.25, -0.2) is 9.18 Å². The Morgan fingerprint density at radius 2 is 1.50 bits per heavy atom. The number of urea groups is 1. The average Bonchev–Trinajstić information content (AvgIpc) is 3.18. The summed E-state index contributed by atoms with van der Waals surface area (Å²) >= 11 is 0. The van der Waals surface area contributed by atoms with Crippen molar-refractivity contribution in [2.45, 2.75) is 76.6 Å². The third kappa shape index (κ3) is 7.20. The number of amides is 3. The molecule has 8 nitrogen and oxygen atoms in total. The van der Waals surface area contributed by atoms with Crippen LogP contribution in [0, 0.1) is 5.82 Å². The minimum Gasteiger partial charge on any atom is -0.490 e. The van der Waals surface area contributed by atoms with Crippen LogP contribution in [0.15, 0.2) is 66.7 Å². The predicted molar refractivity (Wildman–Crippen MR) is 162 cm³/mol. The highest BCUT2D eigenvalue weighted by Crippen LogP contribution is 2.36. The first-order chi connectivity index (χ1) is 20.3. The van der Waals surface area contributed by atoms with Crippen LogP contribution in [0.1, 0.15) is 62.7 Å². The van der Waals surface area contributed by atoms with E-state index in [-0.39, 0.29) is 29.5 Å². The van der Waals surface area contributed by atoms with Crippen LogP contribution in [0.25, 0.3) is 0 Å². The van der Waals surface area contributed by atoms with Crippen LogP contribution in [-0.4, -0.2) is 48.1 Å². The van der Waals surface area contributed by atoms with Gasteiger partial charge in [0.05, 0.1) is 5.69 Å². The summed E-state index contributed by atoms with van der Waals surface area (Å²) in [5.41, 5.74) is 1.20. The van der Waals surface area contributed by atoms with E-state index in [1.54, 1.807) is 42.5 Å². The van der Waals surface area contributed by atoms with Gasteiger partial charge >= 0.3 is 6.03 Å². The molecule has 222 valence electrons. The predicted octanol–water partition coefficient (Wildman–Crippen LogP) is 7.18. The SMILES string of the molecule is CCC(CC)NC(=O)Nc1ccc(Oc2ccc(NC(=O)c3ccc(OC4CC5CCC(C4)N5C)cc3)cc2)cc1F. The molecule has 2 atom stereocenters. The summed E-state index contributed by atoms with van der Waals surface area (Å²) < 4.78 is 26.6. The van der Waals surface area contributed by atoms with Gasteiger partial charge in [-0.1, -0.05) is 13.8 Å². The van der Waals surface area contributed by atoms with Gasteiger partial charge in [-0.3, -0.25) is 4.79 Å². The topological polar surface area (TPSA) is 91.9 Å². The van der Waals surface area contributed by atoms with E-state index in [4.69, 9.17) is 9.47 Å². The number of hydrogen-bond acceptors (Lipinski definition) is 5. The molecule has 2 fully saturated rings. The molecule has 2 saturated heterocycles. The highest BCUT2D eigenvalue weighted by molar-refractivity contribution is 6.04. The first-order valence-electron chi connectivity index (χ1n) is 14.8. The summed E-state index contributed by atoms with van der Waals surface area (Å²) in [7, 11) is 2.21. The maximum absolute atomic E-state index is 14.6. The molecule has 3 aromatic carbocycles. The quantitative estimate of drug-likeness (QED) is 0.239. The van der Waals surface area contributed by atoms with Crippen molar-refractivity contribution in [2.24, 2.45) is 0 Å². The van der Waals surface area contributed by atoms with E-state index < -0.39 is 11.8 Å². The van der Waals surface area contributed by atoms with Crippen molar-refractivity contribution >= 4 is 23.3 Å². The van der Waals surface area contributed by atoms with Crippen LogP contribution >= 0.6 is 0 Å². The van der Waals surface area contributed by atoms with Crippen LogP contribution < -0.4 is 25.4 Å². The molecule has 5 rings (SSSR count). The van der Waals surface area contributed by atoms with E-state index in [0.29, 0.717) is 29.1 Å². The van der Waals surface area contributed by atoms with Gasteiger partial charge in [0.25, 0.3) is 5.91 Å². The molecule has 9 heteroatoms. The molecule has 42 heavy (non-hydrogen) atoms. The lowest BCUT2D eigenvalue weighted by Gasteiger charge is -2.36. The molecule has 3 amide bonds. The second kappa shape index (κ2) is 13.2. The molecule has 2 aliphatic heterocycles. The fourth-order valence-corrected chi connectivity index (χ4v) is 5.78. The molecular weight excluding hydrogens is 535 g/mol. The number of hydrogen-bond donors (Lipinski definition) is 3. The van der Waals surface area contributed by atoms with Crippen LogP contribution in [0.2, 0.25) is 0 Å². The smallest absolute Gasteiger partial charge is 0.319 e. The molecule has 2 unspecified atom stereocenters. The molecule has 0 radical (unpaired) electrons. The van der Waals surface area contributed by atoms with E-state index in [1.807, 2.05) is 26.0 Å². The minimum absolute atomic E-state index is 0.0347. The van der Waals surface area contributed by atoms with Crippen molar-refractivity contribution in [1.29, 1.82) is 0 Å². The molecule has 0 saturated carbocycles. The Bertz CT molecular complexity index is 1360. The number of nitrogens with one attached hydrogen (secondary N) is 3. The first kappa shape index (κ1) is 29.4. The van der Waals surface area contributed by atoms with Crippen LogP contribution in [0.5, 0.6) is 17.2 Å². The van der Waals surface area contributed by atoms with Crippen molar-refractivity contribution in [3.05, 3.63) is 78.1 Å². The van der Waals surface area contributed by atoms with Crippen LogP contribution in [0.4, 0.5) is 20.6 Å². The molecular formula is C33H39FN4O4. The van der Waals surface area contributed by atoms with Gasteiger partial charge in [-0.2, -0.15) is 0 Å². The van der Waals surface area contributed by atoms with Crippen molar-refractivity contribution in [2.75, 3.05) is 17.7 Å². The number of benzene rings is 3. The van der Waals surface area contributed by atoms with Crippen molar-refractivity contribution in [3.63, 3.8) is 0 Å². The Morgan fingerprint density at radius 1 is 0.881 bits per heavy atom. The number of rotatable bonds is 10. The van der Waals surface area contributed by atoms with Gasteiger partial charge in [0, 0.05) is 35.4 Å². The second-order valence-electron chi connectivity index (χ2n) is 11.1. The van der Waals surface area contributed by atoms with Gasteiger partial charge in [-0.05, 0) is 106 Å². The Hall–Kier alpha value is -4.11. The Kier molecular flexibility index (Phi) is 9.27. The van der Waals surface area contributed by atoms with Crippen molar-refractivity contribution < 1.29 is 23.5 Å². The summed E-state index contributed by atoms with van der Waals surface area (Å²) in [4.78, 5) is 27.4. The lowest BCUT2D eigenvalue weighted by molar-refractivity contribution is 0.0661. The summed E-state index contributed by atoms with van der Waals surface area (Å²) in [6.45, 7) is 3.96. The number of carbonyl (C=O) groups is 2. The third-order valence-electron chi connectivity index (χ3n) is 8.33. The molecule has 3 aromatic rings. The fraction of sp³-hybridized carbons (Fsp3) is 0.394. The maximum Gasteiger partial charge on any atom is 0.319 e. The largest absolute Gasteiger partial charge is 0.490 e. The highest BCUT2D eigenvalue weighted by Gasteiger charge is 2.39.